The van der Waals surface area contributed by atoms with Crippen LogP contribution < -0.4 is 5.32 Å². The predicted octanol–water partition coefficient (Wildman–Crippen LogP) is 2.66. The van der Waals surface area contributed by atoms with E-state index in [0.717, 1.165) is 24.5 Å². The summed E-state index contributed by atoms with van der Waals surface area (Å²) in [4.78, 5) is 11.8. The van der Waals surface area contributed by atoms with Crippen molar-refractivity contribution in [3.05, 3.63) is 41.5 Å². The Morgan fingerprint density at radius 1 is 1.35 bits per heavy atom. The summed E-state index contributed by atoms with van der Waals surface area (Å²) in [6.07, 6.45) is -2.25. The van der Waals surface area contributed by atoms with E-state index in [4.69, 9.17) is 0 Å². The van der Waals surface area contributed by atoms with Gasteiger partial charge in [0, 0.05) is 18.4 Å². The molecule has 1 aromatic rings. The van der Waals surface area contributed by atoms with Crippen LogP contribution in [0.15, 0.2) is 30.3 Å². The van der Waals surface area contributed by atoms with Crippen LogP contribution >= 0.6 is 0 Å². The molecule has 0 spiro atoms. The molecule has 128 valence electrons. The van der Waals surface area contributed by atoms with Gasteiger partial charge < -0.3 is 5.32 Å². The van der Waals surface area contributed by atoms with Crippen LogP contribution in [0.4, 0.5) is 13.2 Å². The van der Waals surface area contributed by atoms with E-state index < -0.39 is 33.5 Å². The first kappa shape index (κ1) is 19.2. The van der Waals surface area contributed by atoms with Crippen molar-refractivity contribution in [3.63, 3.8) is 0 Å². The molecule has 4 nitrogen and oxygen atoms in total. The van der Waals surface area contributed by atoms with Crippen LogP contribution in [0.2, 0.25) is 0 Å². The molecule has 0 fully saturated rings. The molecule has 0 saturated heterocycles. The molecule has 0 heterocycles. The number of nitrogens with one attached hydrogen (secondary N) is 1. The lowest BCUT2D eigenvalue weighted by atomic mass is 10.0. The Morgan fingerprint density at radius 2 is 1.96 bits per heavy atom. The number of carbonyl (C=O) groups is 1. The summed E-state index contributed by atoms with van der Waals surface area (Å²) in [5, 5.41) is 2.47. The first-order chi connectivity index (χ1) is 10.4. The highest BCUT2D eigenvalue weighted by Crippen LogP contribution is 2.30. The molecule has 1 atom stereocenters. The van der Waals surface area contributed by atoms with Gasteiger partial charge in [0.25, 0.3) is 0 Å². The second-order valence-corrected chi connectivity index (χ2v) is 7.59. The normalized spacial score (nSPS) is 14.4. The highest BCUT2D eigenvalue weighted by Gasteiger charge is 2.30. The molecule has 0 aliphatic carbocycles. The van der Waals surface area contributed by atoms with Crippen molar-refractivity contribution in [2.45, 2.75) is 26.1 Å². The number of hydrogen-bond acceptors (Lipinski definition) is 3. The van der Waals surface area contributed by atoms with Gasteiger partial charge in [-0.05, 0) is 37.1 Å². The number of carbonyl (C=O) groups excluding carboxylic acids is 1. The fourth-order valence-corrected chi connectivity index (χ4v) is 2.99. The standard InChI is InChI=1S/C15H18F3NO3S/c1-10(7-14(20)19-11(2)9-23(3,21)22)12-5-4-6-13(8-12)15(16,17)18/h4-8,11H,9H2,1-3H3,(H,19,20)/b10-7+/t11-/m0/s1. The maximum Gasteiger partial charge on any atom is 0.416 e. The number of halogens is 3. The second kappa shape index (κ2) is 7.16. The molecular weight excluding hydrogens is 331 g/mol. The molecule has 0 bridgehead atoms. The van der Waals surface area contributed by atoms with E-state index in [0.29, 0.717) is 5.57 Å². The third-order valence-corrected chi connectivity index (χ3v) is 4.04. The SMILES string of the molecule is C/C(=C\C(=O)N[C@@H](C)CS(C)(=O)=O)c1cccc(C(F)(F)F)c1. The van der Waals surface area contributed by atoms with Gasteiger partial charge in [-0.2, -0.15) is 13.2 Å². The van der Waals surface area contributed by atoms with Gasteiger partial charge in [0.1, 0.15) is 9.84 Å². The average molecular weight is 349 g/mol. The Morgan fingerprint density at radius 3 is 2.48 bits per heavy atom. The van der Waals surface area contributed by atoms with Crippen LogP contribution in [-0.2, 0) is 20.8 Å². The lowest BCUT2D eigenvalue weighted by Crippen LogP contribution is -2.36. The number of benzene rings is 1. The summed E-state index contributed by atoms with van der Waals surface area (Å²) >= 11 is 0. The van der Waals surface area contributed by atoms with E-state index >= 15 is 0 Å². The van der Waals surface area contributed by atoms with Gasteiger partial charge in [0.15, 0.2) is 0 Å². The monoisotopic (exact) mass is 349 g/mol. The molecule has 23 heavy (non-hydrogen) atoms. The Kier molecular flexibility index (Phi) is 5.98. The Balaban J connectivity index is 2.86. The molecule has 0 aromatic heterocycles. The molecule has 0 aliphatic heterocycles. The van der Waals surface area contributed by atoms with Crippen LogP contribution in [0.3, 0.4) is 0 Å². The molecule has 0 aliphatic rings. The van der Waals surface area contributed by atoms with Crippen LogP contribution in [0.25, 0.3) is 5.57 Å². The van der Waals surface area contributed by atoms with Crippen molar-refractivity contribution >= 4 is 21.3 Å². The van der Waals surface area contributed by atoms with Crippen LogP contribution in [-0.4, -0.2) is 32.4 Å². The highest BCUT2D eigenvalue weighted by molar-refractivity contribution is 7.90. The lowest BCUT2D eigenvalue weighted by molar-refractivity contribution is -0.137. The third kappa shape index (κ3) is 6.85. The molecule has 0 saturated carbocycles. The topological polar surface area (TPSA) is 63.2 Å². The second-order valence-electron chi connectivity index (χ2n) is 5.41. The quantitative estimate of drug-likeness (QED) is 0.832. The van der Waals surface area contributed by atoms with Gasteiger partial charge in [-0.15, -0.1) is 0 Å². The van der Waals surface area contributed by atoms with Crippen molar-refractivity contribution in [2.75, 3.05) is 12.0 Å². The van der Waals surface area contributed by atoms with Gasteiger partial charge in [-0.1, -0.05) is 12.1 Å². The fraction of sp³-hybridized carbons (Fsp3) is 0.400. The highest BCUT2D eigenvalue weighted by atomic mass is 32.2. The van der Waals surface area contributed by atoms with Crippen molar-refractivity contribution in [1.29, 1.82) is 0 Å². The van der Waals surface area contributed by atoms with Crippen molar-refractivity contribution in [1.82, 2.24) is 5.32 Å². The first-order valence-electron chi connectivity index (χ1n) is 6.72. The van der Waals surface area contributed by atoms with E-state index in [1.807, 2.05) is 0 Å². The van der Waals surface area contributed by atoms with E-state index in [1.165, 1.54) is 26.0 Å². The number of amides is 1. The fourth-order valence-electron chi connectivity index (χ4n) is 2.00. The molecule has 0 unspecified atom stereocenters. The molecule has 1 N–H and O–H groups in total. The predicted molar refractivity (Wildman–Crippen MR) is 82.4 cm³/mol. The van der Waals surface area contributed by atoms with Gasteiger partial charge in [0.2, 0.25) is 5.91 Å². The summed E-state index contributed by atoms with van der Waals surface area (Å²) in [6, 6.07) is 4.04. The van der Waals surface area contributed by atoms with E-state index in [9.17, 15) is 26.4 Å². The minimum atomic E-state index is -4.46. The summed E-state index contributed by atoms with van der Waals surface area (Å²) in [7, 11) is -3.23. The Hall–Kier alpha value is -1.83. The van der Waals surface area contributed by atoms with Gasteiger partial charge >= 0.3 is 6.18 Å². The van der Waals surface area contributed by atoms with Crippen LogP contribution in [0.5, 0.6) is 0 Å². The first-order valence-corrected chi connectivity index (χ1v) is 8.78. The average Bonchev–Trinajstić information content (AvgIpc) is 2.35. The number of alkyl halides is 3. The van der Waals surface area contributed by atoms with Gasteiger partial charge in [-0.25, -0.2) is 8.42 Å². The maximum absolute atomic E-state index is 12.7. The van der Waals surface area contributed by atoms with Crippen molar-refractivity contribution in [3.8, 4) is 0 Å². The van der Waals surface area contributed by atoms with Crippen molar-refractivity contribution < 1.29 is 26.4 Å². The smallest absolute Gasteiger partial charge is 0.349 e. The summed E-state index contributed by atoms with van der Waals surface area (Å²) < 4.78 is 60.3. The summed E-state index contributed by atoms with van der Waals surface area (Å²) in [6.45, 7) is 3.04. The van der Waals surface area contributed by atoms with Crippen LogP contribution in [0.1, 0.15) is 25.0 Å². The number of hydrogen-bond donors (Lipinski definition) is 1. The molecule has 1 rings (SSSR count). The van der Waals surface area contributed by atoms with E-state index in [2.05, 4.69) is 5.32 Å². The maximum atomic E-state index is 12.7. The summed E-state index contributed by atoms with van der Waals surface area (Å²) in [5.74, 6) is -0.772. The van der Waals surface area contributed by atoms with Crippen LogP contribution in [0, 0.1) is 0 Å². The lowest BCUT2D eigenvalue weighted by Gasteiger charge is -2.12. The Bertz CT molecular complexity index is 709. The zero-order valence-electron chi connectivity index (χ0n) is 12.9. The summed E-state index contributed by atoms with van der Waals surface area (Å²) in [5.41, 5.74) is -0.181. The van der Waals surface area contributed by atoms with E-state index in [1.54, 1.807) is 0 Å². The molecule has 8 heteroatoms. The largest absolute Gasteiger partial charge is 0.416 e. The van der Waals surface area contributed by atoms with Gasteiger partial charge in [-0.3, -0.25) is 4.79 Å². The number of rotatable bonds is 5. The van der Waals surface area contributed by atoms with E-state index in [-0.39, 0.29) is 11.3 Å². The van der Waals surface area contributed by atoms with Crippen molar-refractivity contribution in [2.24, 2.45) is 0 Å². The molecule has 1 amide bonds. The molecule has 0 radical (unpaired) electrons. The minimum Gasteiger partial charge on any atom is -0.349 e. The third-order valence-electron chi connectivity index (χ3n) is 2.93. The Labute approximate surface area is 133 Å². The minimum absolute atomic E-state index is 0.213. The number of allylic oxidation sites excluding steroid dienone is 1. The zero-order chi connectivity index (χ0) is 17.8. The zero-order valence-corrected chi connectivity index (χ0v) is 13.8. The molecule has 1 aromatic carbocycles. The number of sulfone groups is 1. The molecular formula is C15H18F3NO3S. The van der Waals surface area contributed by atoms with Gasteiger partial charge in [0.05, 0.1) is 11.3 Å².